The van der Waals surface area contributed by atoms with Crippen molar-refractivity contribution in [1.29, 1.82) is 0 Å². The molecule has 0 saturated heterocycles. The number of nitrogens with one attached hydrogen (secondary N) is 1. The molecule has 1 N–H and O–H groups in total. The summed E-state index contributed by atoms with van der Waals surface area (Å²) in [5.74, 6) is -0.244. The van der Waals surface area contributed by atoms with Crippen LogP contribution in [-0.2, 0) is 9.53 Å². The lowest BCUT2D eigenvalue weighted by molar-refractivity contribution is -0.123. The highest BCUT2D eigenvalue weighted by atomic mass is 16.5. The number of aromatic nitrogens is 1. The van der Waals surface area contributed by atoms with Crippen molar-refractivity contribution in [3.8, 4) is 0 Å². The number of rotatable bonds is 6. The summed E-state index contributed by atoms with van der Waals surface area (Å²) in [7, 11) is 3.33. The molecular weight excluding hydrogens is 270 g/mol. The summed E-state index contributed by atoms with van der Waals surface area (Å²) < 4.78 is 5.38. The number of hydrogen-bond donors (Lipinski definition) is 1. The third-order valence-corrected chi connectivity index (χ3v) is 3.56. The van der Waals surface area contributed by atoms with E-state index in [-0.39, 0.29) is 11.8 Å². The Morgan fingerprint density at radius 2 is 2.14 bits per heavy atom. The van der Waals surface area contributed by atoms with E-state index in [1.165, 1.54) is 11.1 Å². The topological polar surface area (TPSA) is 71.5 Å². The van der Waals surface area contributed by atoms with E-state index in [1.807, 2.05) is 6.92 Å². The van der Waals surface area contributed by atoms with Crippen LogP contribution in [0.4, 0.5) is 5.69 Å². The second-order valence-corrected chi connectivity index (χ2v) is 5.50. The van der Waals surface area contributed by atoms with Crippen molar-refractivity contribution in [2.45, 2.75) is 19.8 Å². The zero-order valence-electron chi connectivity index (χ0n) is 12.7. The average Bonchev–Trinajstić information content (AvgIpc) is 3.25. The normalized spacial score (nSPS) is 15.4. The van der Waals surface area contributed by atoms with Gasteiger partial charge >= 0.3 is 0 Å². The van der Waals surface area contributed by atoms with Gasteiger partial charge in [-0.25, -0.2) is 0 Å². The van der Waals surface area contributed by atoms with Crippen molar-refractivity contribution in [3.63, 3.8) is 0 Å². The van der Waals surface area contributed by atoms with Crippen LogP contribution in [0.2, 0.25) is 0 Å². The Morgan fingerprint density at radius 3 is 2.71 bits per heavy atom. The Hall–Kier alpha value is -1.95. The molecule has 0 atom stereocenters. The molecule has 1 saturated carbocycles. The number of carbonyl (C=O) groups is 2. The number of nitrogens with zero attached hydrogens (tertiary/aromatic N) is 2. The van der Waals surface area contributed by atoms with E-state index in [0.29, 0.717) is 24.6 Å². The largest absolute Gasteiger partial charge is 0.381 e. The van der Waals surface area contributed by atoms with Crippen LogP contribution in [0.3, 0.4) is 0 Å². The van der Waals surface area contributed by atoms with E-state index in [0.717, 1.165) is 12.8 Å². The molecule has 114 valence electrons. The zero-order valence-corrected chi connectivity index (χ0v) is 12.7. The van der Waals surface area contributed by atoms with Gasteiger partial charge in [0.1, 0.15) is 5.69 Å². The SMILES string of the molecule is CCOCC1(C(=O)Nc2ccnc(C(=O)N(C)C)c2)CC1. The molecule has 1 aliphatic carbocycles. The summed E-state index contributed by atoms with van der Waals surface area (Å²) >= 11 is 0. The Morgan fingerprint density at radius 1 is 1.43 bits per heavy atom. The standard InChI is InChI=1S/C15H21N3O3/c1-4-21-10-15(6-7-15)14(20)17-11-5-8-16-12(9-11)13(19)18(2)3/h5,8-9H,4,6-7,10H2,1-3H3,(H,16,17,20). The van der Waals surface area contributed by atoms with E-state index in [1.54, 1.807) is 26.2 Å². The van der Waals surface area contributed by atoms with Crippen molar-refractivity contribution in [2.24, 2.45) is 5.41 Å². The average molecular weight is 291 g/mol. The van der Waals surface area contributed by atoms with Gasteiger partial charge in [-0.3, -0.25) is 14.6 Å². The molecule has 0 bridgehead atoms. The lowest BCUT2D eigenvalue weighted by Crippen LogP contribution is -2.29. The molecule has 0 aliphatic heterocycles. The molecular formula is C15H21N3O3. The van der Waals surface area contributed by atoms with Crippen LogP contribution >= 0.6 is 0 Å². The van der Waals surface area contributed by atoms with Gasteiger partial charge in [0.05, 0.1) is 12.0 Å². The van der Waals surface area contributed by atoms with Gasteiger partial charge in [0.25, 0.3) is 5.91 Å². The number of hydrogen-bond acceptors (Lipinski definition) is 4. The van der Waals surface area contributed by atoms with Gasteiger partial charge in [-0.2, -0.15) is 0 Å². The monoisotopic (exact) mass is 291 g/mol. The molecule has 1 aromatic rings. The number of pyridine rings is 1. The summed E-state index contributed by atoms with van der Waals surface area (Å²) in [6.45, 7) is 2.96. The lowest BCUT2D eigenvalue weighted by atomic mass is 10.1. The van der Waals surface area contributed by atoms with Crippen LogP contribution in [0, 0.1) is 5.41 Å². The van der Waals surface area contributed by atoms with E-state index in [4.69, 9.17) is 4.74 Å². The predicted octanol–water partition coefficient (Wildman–Crippen LogP) is 1.54. The first-order valence-corrected chi connectivity index (χ1v) is 7.05. The first kappa shape index (κ1) is 15.4. The minimum Gasteiger partial charge on any atom is -0.381 e. The van der Waals surface area contributed by atoms with Gasteiger partial charge in [0, 0.05) is 32.6 Å². The maximum absolute atomic E-state index is 12.3. The van der Waals surface area contributed by atoms with Gasteiger partial charge in [-0.1, -0.05) is 0 Å². The number of amides is 2. The second-order valence-electron chi connectivity index (χ2n) is 5.50. The van der Waals surface area contributed by atoms with Crippen molar-refractivity contribution < 1.29 is 14.3 Å². The number of ether oxygens (including phenoxy) is 1. The van der Waals surface area contributed by atoms with Crippen molar-refractivity contribution in [2.75, 3.05) is 32.6 Å². The van der Waals surface area contributed by atoms with Gasteiger partial charge in [0.2, 0.25) is 5.91 Å². The van der Waals surface area contributed by atoms with E-state index < -0.39 is 5.41 Å². The second kappa shape index (κ2) is 6.22. The Kier molecular flexibility index (Phi) is 4.57. The molecule has 1 aliphatic rings. The number of anilines is 1. The summed E-state index contributed by atoms with van der Waals surface area (Å²) in [5.41, 5.74) is 0.501. The smallest absolute Gasteiger partial charge is 0.272 e. The van der Waals surface area contributed by atoms with Crippen LogP contribution in [0.25, 0.3) is 0 Å². The highest BCUT2D eigenvalue weighted by Gasteiger charge is 2.50. The lowest BCUT2D eigenvalue weighted by Gasteiger charge is -2.15. The fourth-order valence-electron chi connectivity index (χ4n) is 2.00. The first-order chi connectivity index (χ1) is 9.98. The molecule has 6 heteroatoms. The quantitative estimate of drug-likeness (QED) is 0.863. The maximum atomic E-state index is 12.3. The molecule has 21 heavy (non-hydrogen) atoms. The van der Waals surface area contributed by atoms with E-state index in [2.05, 4.69) is 10.3 Å². The van der Waals surface area contributed by atoms with Gasteiger partial charge in [0.15, 0.2) is 0 Å². The molecule has 1 heterocycles. The van der Waals surface area contributed by atoms with Gasteiger partial charge in [-0.15, -0.1) is 0 Å². The molecule has 2 rings (SSSR count). The van der Waals surface area contributed by atoms with Crippen LogP contribution in [0.1, 0.15) is 30.3 Å². The summed E-state index contributed by atoms with van der Waals surface area (Å²) in [5, 5.41) is 2.86. The number of carbonyl (C=O) groups excluding carboxylic acids is 2. The minimum absolute atomic E-state index is 0.0506. The Balaban J connectivity index is 2.05. The minimum atomic E-state index is -0.398. The highest BCUT2D eigenvalue weighted by Crippen LogP contribution is 2.46. The molecule has 2 amide bonds. The summed E-state index contributed by atoms with van der Waals surface area (Å²) in [6, 6.07) is 3.28. The van der Waals surface area contributed by atoms with Crippen molar-refractivity contribution >= 4 is 17.5 Å². The van der Waals surface area contributed by atoms with E-state index in [9.17, 15) is 9.59 Å². The van der Waals surface area contributed by atoms with Crippen molar-refractivity contribution in [1.82, 2.24) is 9.88 Å². The zero-order chi connectivity index (χ0) is 15.5. The Labute approximate surface area is 124 Å². The summed E-state index contributed by atoms with van der Waals surface area (Å²) in [6.07, 6.45) is 3.20. The van der Waals surface area contributed by atoms with E-state index >= 15 is 0 Å². The molecule has 1 fully saturated rings. The van der Waals surface area contributed by atoms with Crippen LogP contribution in [0.15, 0.2) is 18.3 Å². The van der Waals surface area contributed by atoms with Crippen LogP contribution in [0.5, 0.6) is 0 Å². The predicted molar refractivity (Wildman–Crippen MR) is 79.0 cm³/mol. The first-order valence-electron chi connectivity index (χ1n) is 7.05. The molecule has 1 aromatic heterocycles. The fraction of sp³-hybridized carbons (Fsp3) is 0.533. The molecule has 0 unspecified atom stereocenters. The van der Waals surface area contributed by atoms with Crippen LogP contribution in [-0.4, -0.2) is 49.0 Å². The highest BCUT2D eigenvalue weighted by molar-refractivity contribution is 5.99. The van der Waals surface area contributed by atoms with Crippen molar-refractivity contribution in [3.05, 3.63) is 24.0 Å². The molecule has 0 aromatic carbocycles. The summed E-state index contributed by atoms with van der Waals surface area (Å²) in [4.78, 5) is 29.7. The van der Waals surface area contributed by atoms with Gasteiger partial charge in [-0.05, 0) is 31.9 Å². The van der Waals surface area contributed by atoms with Gasteiger partial charge < -0.3 is 15.0 Å². The molecule has 0 spiro atoms. The molecule has 0 radical (unpaired) electrons. The molecule has 6 nitrogen and oxygen atoms in total. The third-order valence-electron chi connectivity index (χ3n) is 3.56. The van der Waals surface area contributed by atoms with Crippen LogP contribution < -0.4 is 5.32 Å². The fourth-order valence-corrected chi connectivity index (χ4v) is 2.00. The third kappa shape index (κ3) is 3.58. The maximum Gasteiger partial charge on any atom is 0.272 e. The Bertz CT molecular complexity index is 539.